The number of aliphatic hydroxyl groups is 4. The third-order valence-electron chi connectivity index (χ3n) is 0. The Labute approximate surface area is 82.3 Å². The molecule has 6 nitrogen and oxygen atoms in total. The fourth-order valence-corrected chi connectivity index (χ4v) is 0. The van der Waals surface area contributed by atoms with Crippen molar-refractivity contribution in [3.8, 4) is 0 Å². The quantitative estimate of drug-likeness (QED) is 0.241. The van der Waals surface area contributed by atoms with Crippen molar-refractivity contribution in [1.82, 2.24) is 0 Å². The average Bonchev–Trinajstić information content (AvgIpc) is 0.722. The van der Waals surface area contributed by atoms with Crippen LogP contribution < -0.4 is 0 Å². The molecular weight excluding hydrogens is 196 g/mol. The van der Waals surface area contributed by atoms with Crippen molar-refractivity contribution < 1.29 is 31.4 Å². The maximum atomic E-state index is 7.19. The van der Waals surface area contributed by atoms with Gasteiger partial charge >= 0.3 is 51.6 Å². The van der Waals surface area contributed by atoms with Gasteiger partial charge in [0.15, 0.2) is 0 Å². The Morgan fingerprint density at radius 2 is 0.750 bits per heavy atom. The summed E-state index contributed by atoms with van der Waals surface area (Å²) in [6.45, 7) is 0. The Balaban J connectivity index is -0.0000000267. The molecule has 0 spiro atoms. The summed E-state index contributed by atoms with van der Waals surface area (Å²) in [7, 11) is 0. The van der Waals surface area contributed by atoms with Crippen molar-refractivity contribution >= 4 is 45.5 Å². The molecule has 7 heteroatoms. The van der Waals surface area contributed by atoms with Gasteiger partial charge in [-0.15, -0.1) is 0 Å². The van der Waals surface area contributed by atoms with Gasteiger partial charge in [0.2, 0.25) is 0 Å². The molecule has 0 saturated heterocycles. The third kappa shape index (κ3) is 183. The molecule has 0 unspecified atom stereocenters. The van der Waals surface area contributed by atoms with E-state index in [4.69, 9.17) is 20.4 Å². The van der Waals surface area contributed by atoms with E-state index in [1.807, 2.05) is 0 Å². The molecular formula is CH6O6Sr. The monoisotopic (exact) mass is 202 g/mol. The van der Waals surface area contributed by atoms with Crippen LogP contribution >= 0.6 is 0 Å². The van der Waals surface area contributed by atoms with Gasteiger partial charge in [0.25, 0.3) is 0 Å². The molecule has 0 aliphatic rings. The van der Waals surface area contributed by atoms with Gasteiger partial charge in [0.1, 0.15) is 0 Å². The SMILES string of the molecule is OC(O)(O)O.[OH-].[OH-].[Sr+2]. The van der Waals surface area contributed by atoms with E-state index >= 15 is 0 Å². The van der Waals surface area contributed by atoms with Gasteiger partial charge in [-0.2, -0.15) is 0 Å². The first kappa shape index (κ1) is 22.8. The average molecular weight is 202 g/mol. The molecule has 0 aliphatic heterocycles. The van der Waals surface area contributed by atoms with Crippen molar-refractivity contribution in [2.24, 2.45) is 0 Å². The minimum Gasteiger partial charge on any atom is -0.870 e. The maximum Gasteiger partial charge on any atom is 2.00 e. The standard InChI is InChI=1S/CH4O4.2H2O.Sr/c2-1(3,4)5;;;/h2-5H;2*1H2;/q;;;+2/p-2. The van der Waals surface area contributed by atoms with Gasteiger partial charge in [0.05, 0.1) is 0 Å². The Morgan fingerprint density at radius 3 is 0.750 bits per heavy atom. The fraction of sp³-hybridized carbons (Fsp3) is 1.00. The van der Waals surface area contributed by atoms with Crippen LogP contribution in [0.15, 0.2) is 0 Å². The summed E-state index contributed by atoms with van der Waals surface area (Å²) >= 11 is 0. The van der Waals surface area contributed by atoms with Crippen LogP contribution in [-0.2, 0) is 0 Å². The first-order valence-corrected chi connectivity index (χ1v) is 0.894. The molecule has 0 aromatic carbocycles. The zero-order valence-electron chi connectivity index (χ0n) is 3.89. The van der Waals surface area contributed by atoms with Gasteiger partial charge in [-0.25, -0.2) is 0 Å². The summed E-state index contributed by atoms with van der Waals surface area (Å²) in [5, 5.41) is 28.8. The van der Waals surface area contributed by atoms with Gasteiger partial charge < -0.3 is 31.4 Å². The summed E-state index contributed by atoms with van der Waals surface area (Å²) in [6, 6.07) is 0. The van der Waals surface area contributed by atoms with Gasteiger partial charge in [0, 0.05) is 0 Å². The van der Waals surface area contributed by atoms with Crippen molar-refractivity contribution in [2.75, 3.05) is 0 Å². The Morgan fingerprint density at radius 1 is 0.750 bits per heavy atom. The second kappa shape index (κ2) is 8.24. The fourth-order valence-electron chi connectivity index (χ4n) is 0. The Kier molecular flexibility index (Phi) is 23.5. The third-order valence-corrected chi connectivity index (χ3v) is 0. The van der Waals surface area contributed by atoms with Gasteiger partial charge in [-0.05, 0) is 0 Å². The molecule has 48 valence electrons. The van der Waals surface area contributed by atoms with E-state index in [0.29, 0.717) is 0 Å². The molecule has 0 aromatic heterocycles. The largest absolute Gasteiger partial charge is 2.00 e. The summed E-state index contributed by atoms with van der Waals surface area (Å²) in [5.41, 5.74) is 0. The van der Waals surface area contributed by atoms with Crippen LogP contribution in [0.5, 0.6) is 0 Å². The Bertz CT molecular complexity index is 24.0. The smallest absolute Gasteiger partial charge is 0.870 e. The molecule has 0 amide bonds. The van der Waals surface area contributed by atoms with Gasteiger partial charge in [-0.3, -0.25) is 0 Å². The van der Waals surface area contributed by atoms with Crippen LogP contribution in [0.2, 0.25) is 0 Å². The van der Waals surface area contributed by atoms with Crippen LogP contribution in [0, 0.1) is 0 Å². The molecule has 0 rings (SSSR count). The van der Waals surface area contributed by atoms with E-state index in [-0.39, 0.29) is 56.4 Å². The number of hydrogen-bond acceptors (Lipinski definition) is 6. The van der Waals surface area contributed by atoms with Crippen molar-refractivity contribution in [3.05, 3.63) is 0 Å². The molecule has 0 fully saturated rings. The zero-order valence-corrected chi connectivity index (χ0v) is 7.37. The molecule has 8 heavy (non-hydrogen) atoms. The first-order chi connectivity index (χ1) is 2.00. The minimum absolute atomic E-state index is 0. The molecule has 0 aromatic rings. The van der Waals surface area contributed by atoms with Crippen LogP contribution in [-0.4, -0.2) is 83.0 Å². The van der Waals surface area contributed by atoms with E-state index in [9.17, 15) is 0 Å². The molecule has 0 radical (unpaired) electrons. The topological polar surface area (TPSA) is 141 Å². The minimum atomic E-state index is -3.50. The second-order valence-electron chi connectivity index (χ2n) is 0.600. The maximum absolute atomic E-state index is 7.19. The number of hydrogen-bond donors (Lipinski definition) is 4. The van der Waals surface area contributed by atoms with Crippen LogP contribution in [0.25, 0.3) is 0 Å². The Hall–Kier alpha value is 1.24. The van der Waals surface area contributed by atoms with Crippen LogP contribution in [0.4, 0.5) is 0 Å². The molecule has 0 heterocycles. The zero-order chi connectivity index (χ0) is 4.50. The van der Waals surface area contributed by atoms with E-state index in [0.717, 1.165) is 0 Å². The number of rotatable bonds is 0. The summed E-state index contributed by atoms with van der Waals surface area (Å²) in [4.78, 5) is 0. The summed E-state index contributed by atoms with van der Waals surface area (Å²) in [5.74, 6) is 0. The molecule has 0 atom stereocenters. The molecule has 0 bridgehead atoms. The molecule has 6 N–H and O–H groups in total. The molecule has 0 saturated carbocycles. The molecule has 0 aliphatic carbocycles. The van der Waals surface area contributed by atoms with Crippen LogP contribution in [0.1, 0.15) is 0 Å². The van der Waals surface area contributed by atoms with E-state index in [1.165, 1.54) is 0 Å². The van der Waals surface area contributed by atoms with Crippen molar-refractivity contribution in [2.45, 2.75) is 6.16 Å². The first-order valence-electron chi connectivity index (χ1n) is 0.894. The van der Waals surface area contributed by atoms with Crippen molar-refractivity contribution in [3.63, 3.8) is 0 Å². The normalized spacial score (nSPS) is 7.50. The predicted octanol–water partition coefficient (Wildman–Crippen LogP) is -3.17. The second-order valence-corrected chi connectivity index (χ2v) is 0.600. The summed E-state index contributed by atoms with van der Waals surface area (Å²) in [6.07, 6.45) is -3.50. The predicted molar refractivity (Wildman–Crippen MR) is 21.2 cm³/mol. The van der Waals surface area contributed by atoms with Crippen molar-refractivity contribution in [1.29, 1.82) is 0 Å². The van der Waals surface area contributed by atoms with E-state index in [1.54, 1.807) is 0 Å². The van der Waals surface area contributed by atoms with E-state index in [2.05, 4.69) is 0 Å². The van der Waals surface area contributed by atoms with E-state index < -0.39 is 6.16 Å². The van der Waals surface area contributed by atoms with Gasteiger partial charge in [-0.1, -0.05) is 0 Å². The summed E-state index contributed by atoms with van der Waals surface area (Å²) < 4.78 is 0. The van der Waals surface area contributed by atoms with Crippen LogP contribution in [0.3, 0.4) is 0 Å².